The van der Waals surface area contributed by atoms with Crippen LogP contribution in [0.25, 0.3) is 0 Å². The first kappa shape index (κ1) is 19.5. The Hall–Kier alpha value is -2.28. The predicted octanol–water partition coefficient (Wildman–Crippen LogP) is 5.35. The summed E-state index contributed by atoms with van der Waals surface area (Å²) in [5.41, 5.74) is 1.87. The number of benzene rings is 2. The molecule has 1 aliphatic heterocycles. The van der Waals surface area contributed by atoms with E-state index in [4.69, 9.17) is 12.2 Å². The zero-order valence-electron chi connectivity index (χ0n) is 15.0. The number of anilines is 2. The number of nitrogens with zero attached hydrogens (tertiary/aromatic N) is 1. The first-order valence-corrected chi connectivity index (χ1v) is 9.33. The number of rotatable bonds is 4. The molecule has 1 unspecified atom stereocenters. The number of thiocarbonyl (C=S) groups is 1. The van der Waals surface area contributed by atoms with E-state index in [1.807, 2.05) is 6.92 Å². The topological polar surface area (TPSA) is 27.3 Å². The van der Waals surface area contributed by atoms with E-state index in [2.05, 4.69) is 39.8 Å². The minimum atomic E-state index is -4.38. The summed E-state index contributed by atoms with van der Waals surface area (Å²) in [7, 11) is 0. The van der Waals surface area contributed by atoms with Gasteiger partial charge >= 0.3 is 6.18 Å². The third-order valence-electron chi connectivity index (χ3n) is 4.66. The van der Waals surface area contributed by atoms with Crippen molar-refractivity contribution in [2.45, 2.75) is 32.0 Å². The van der Waals surface area contributed by atoms with Crippen molar-refractivity contribution in [3.8, 4) is 0 Å². The zero-order valence-corrected chi connectivity index (χ0v) is 15.8. The van der Waals surface area contributed by atoms with Crippen molar-refractivity contribution in [2.24, 2.45) is 0 Å². The van der Waals surface area contributed by atoms with Crippen LogP contribution >= 0.6 is 12.2 Å². The van der Waals surface area contributed by atoms with Crippen molar-refractivity contribution in [1.29, 1.82) is 0 Å². The van der Waals surface area contributed by atoms with Gasteiger partial charge < -0.3 is 15.5 Å². The fraction of sp³-hybridized carbons (Fsp3) is 0.350. The first-order valence-electron chi connectivity index (χ1n) is 8.92. The summed E-state index contributed by atoms with van der Waals surface area (Å²) in [5, 5.41) is 6.22. The van der Waals surface area contributed by atoms with Gasteiger partial charge in [0.15, 0.2) is 5.11 Å². The van der Waals surface area contributed by atoms with Gasteiger partial charge in [-0.15, -0.1) is 0 Å². The zero-order chi connectivity index (χ0) is 19.4. The molecule has 1 fully saturated rings. The molecular weight excluding hydrogens is 371 g/mol. The minimum Gasteiger partial charge on any atom is -0.372 e. The fourth-order valence-corrected chi connectivity index (χ4v) is 3.46. The third-order valence-corrected chi connectivity index (χ3v) is 4.88. The van der Waals surface area contributed by atoms with Gasteiger partial charge in [0, 0.05) is 24.5 Å². The van der Waals surface area contributed by atoms with Crippen molar-refractivity contribution in [3.63, 3.8) is 0 Å². The molecule has 2 aromatic carbocycles. The van der Waals surface area contributed by atoms with E-state index in [1.54, 1.807) is 6.07 Å². The van der Waals surface area contributed by atoms with Crippen molar-refractivity contribution in [2.75, 3.05) is 23.3 Å². The van der Waals surface area contributed by atoms with Gasteiger partial charge in [0.2, 0.25) is 0 Å². The Morgan fingerprint density at radius 1 is 1.07 bits per heavy atom. The number of halogens is 3. The van der Waals surface area contributed by atoms with Crippen LogP contribution in [0, 0.1) is 0 Å². The molecule has 0 amide bonds. The molecule has 1 aliphatic rings. The van der Waals surface area contributed by atoms with Crippen LogP contribution in [0.4, 0.5) is 24.5 Å². The van der Waals surface area contributed by atoms with E-state index < -0.39 is 11.7 Å². The van der Waals surface area contributed by atoms with Crippen LogP contribution in [0.5, 0.6) is 0 Å². The van der Waals surface area contributed by atoms with Crippen LogP contribution in [0.3, 0.4) is 0 Å². The maximum absolute atomic E-state index is 12.8. The van der Waals surface area contributed by atoms with Gasteiger partial charge in [-0.05, 0) is 67.9 Å². The lowest BCUT2D eigenvalue weighted by Crippen LogP contribution is -2.31. The molecule has 1 saturated heterocycles. The van der Waals surface area contributed by atoms with E-state index in [9.17, 15) is 13.2 Å². The van der Waals surface area contributed by atoms with Gasteiger partial charge in [0.05, 0.1) is 11.6 Å². The van der Waals surface area contributed by atoms with Crippen molar-refractivity contribution < 1.29 is 13.2 Å². The van der Waals surface area contributed by atoms with Crippen molar-refractivity contribution in [3.05, 3.63) is 59.7 Å². The van der Waals surface area contributed by atoms with Gasteiger partial charge in [-0.3, -0.25) is 0 Å². The summed E-state index contributed by atoms with van der Waals surface area (Å²) in [6.45, 7) is 4.15. The van der Waals surface area contributed by atoms with Crippen LogP contribution in [-0.2, 0) is 6.18 Å². The summed E-state index contributed by atoms with van der Waals surface area (Å²) in [6.07, 6.45) is -1.92. The molecule has 0 bridgehead atoms. The number of hydrogen-bond donors (Lipinski definition) is 2. The van der Waals surface area contributed by atoms with E-state index in [1.165, 1.54) is 24.6 Å². The van der Waals surface area contributed by atoms with Crippen LogP contribution in [0.15, 0.2) is 48.5 Å². The maximum Gasteiger partial charge on any atom is 0.416 e. The SMILES string of the molecule is CC(NC(=S)Nc1cccc(C(F)(F)F)c1)c1ccc(N2CCCC2)cc1. The van der Waals surface area contributed by atoms with Crippen LogP contribution in [0.1, 0.15) is 36.9 Å². The summed E-state index contributed by atoms with van der Waals surface area (Å²) < 4.78 is 38.4. The minimum absolute atomic E-state index is 0.0663. The van der Waals surface area contributed by atoms with E-state index in [-0.39, 0.29) is 11.2 Å². The third kappa shape index (κ3) is 5.13. The van der Waals surface area contributed by atoms with Crippen LogP contribution in [-0.4, -0.2) is 18.2 Å². The fourth-order valence-electron chi connectivity index (χ4n) is 3.17. The molecule has 3 rings (SSSR count). The smallest absolute Gasteiger partial charge is 0.372 e. The number of hydrogen-bond acceptors (Lipinski definition) is 2. The lowest BCUT2D eigenvalue weighted by Gasteiger charge is -2.20. The van der Waals surface area contributed by atoms with Gasteiger partial charge in [-0.2, -0.15) is 13.2 Å². The normalized spacial score (nSPS) is 15.5. The van der Waals surface area contributed by atoms with E-state index in [0.717, 1.165) is 30.8 Å². The molecule has 0 aromatic heterocycles. The molecule has 144 valence electrons. The molecule has 1 heterocycles. The first-order chi connectivity index (χ1) is 12.8. The Kier molecular flexibility index (Phi) is 5.89. The number of alkyl halides is 3. The summed E-state index contributed by atoms with van der Waals surface area (Å²) >= 11 is 5.25. The molecule has 2 aromatic rings. The lowest BCUT2D eigenvalue weighted by molar-refractivity contribution is -0.137. The Morgan fingerprint density at radius 3 is 2.37 bits per heavy atom. The Morgan fingerprint density at radius 2 is 1.74 bits per heavy atom. The van der Waals surface area contributed by atoms with E-state index >= 15 is 0 Å². The molecule has 0 saturated carbocycles. The number of nitrogens with one attached hydrogen (secondary N) is 2. The average molecular weight is 393 g/mol. The standard InChI is InChI=1S/C20H22F3N3S/c1-14(15-7-9-18(10-8-15)26-11-2-3-12-26)24-19(27)25-17-6-4-5-16(13-17)20(21,22)23/h4-10,13-14H,2-3,11-12H2,1H3,(H2,24,25,27). The predicted molar refractivity (Wildman–Crippen MR) is 107 cm³/mol. The Labute approximate surface area is 162 Å². The van der Waals surface area contributed by atoms with Crippen LogP contribution in [0.2, 0.25) is 0 Å². The maximum atomic E-state index is 12.8. The van der Waals surface area contributed by atoms with Gasteiger partial charge in [-0.1, -0.05) is 18.2 Å². The summed E-state index contributed by atoms with van der Waals surface area (Å²) in [4.78, 5) is 2.36. The molecule has 2 N–H and O–H groups in total. The van der Waals surface area contributed by atoms with Gasteiger partial charge in [-0.25, -0.2) is 0 Å². The van der Waals surface area contributed by atoms with Gasteiger partial charge in [0.25, 0.3) is 0 Å². The quantitative estimate of drug-likeness (QED) is 0.685. The molecule has 0 radical (unpaired) electrons. The molecule has 1 atom stereocenters. The Bertz CT molecular complexity index is 784. The second-order valence-electron chi connectivity index (χ2n) is 6.68. The molecule has 7 heteroatoms. The molecule has 3 nitrogen and oxygen atoms in total. The van der Waals surface area contributed by atoms with Gasteiger partial charge in [0.1, 0.15) is 0 Å². The molecular formula is C20H22F3N3S. The summed E-state index contributed by atoms with van der Waals surface area (Å²) in [6, 6.07) is 13.2. The highest BCUT2D eigenvalue weighted by Gasteiger charge is 2.30. The Balaban J connectivity index is 1.59. The second kappa shape index (κ2) is 8.17. The van der Waals surface area contributed by atoms with Crippen molar-refractivity contribution in [1.82, 2.24) is 5.32 Å². The largest absolute Gasteiger partial charge is 0.416 e. The molecule has 0 aliphatic carbocycles. The molecule has 27 heavy (non-hydrogen) atoms. The van der Waals surface area contributed by atoms with Crippen molar-refractivity contribution >= 4 is 28.7 Å². The second-order valence-corrected chi connectivity index (χ2v) is 7.09. The highest BCUT2D eigenvalue weighted by Crippen LogP contribution is 2.30. The lowest BCUT2D eigenvalue weighted by atomic mass is 10.1. The summed E-state index contributed by atoms with van der Waals surface area (Å²) in [5.74, 6) is 0. The average Bonchev–Trinajstić information content (AvgIpc) is 3.16. The highest BCUT2D eigenvalue weighted by molar-refractivity contribution is 7.80. The monoisotopic (exact) mass is 393 g/mol. The van der Waals surface area contributed by atoms with E-state index in [0.29, 0.717) is 5.69 Å². The highest BCUT2D eigenvalue weighted by atomic mass is 32.1. The van der Waals surface area contributed by atoms with Crippen LogP contribution < -0.4 is 15.5 Å². The molecule has 0 spiro atoms.